The van der Waals surface area contributed by atoms with Gasteiger partial charge in [-0.1, -0.05) is 0 Å². The summed E-state index contributed by atoms with van der Waals surface area (Å²) in [5.74, 6) is 0.553. The van der Waals surface area contributed by atoms with Crippen molar-refractivity contribution in [3.8, 4) is 11.8 Å². The second-order valence-electron chi connectivity index (χ2n) is 4.60. The van der Waals surface area contributed by atoms with Crippen LogP contribution in [-0.4, -0.2) is 27.6 Å². The second-order valence-corrected chi connectivity index (χ2v) is 4.60. The standard InChI is InChI=1S/C15H15N3O3/c1-11-2-7-15(20)18(17-11)9-13(19)10-21-14-5-3-12(8-16)4-6-14/h2-7,13,19H,9-10H2,1H3. The Morgan fingerprint density at radius 2 is 2.05 bits per heavy atom. The summed E-state index contributed by atoms with van der Waals surface area (Å²) in [6, 6.07) is 11.6. The highest BCUT2D eigenvalue weighted by Crippen LogP contribution is 2.11. The highest BCUT2D eigenvalue weighted by Gasteiger charge is 2.09. The van der Waals surface area contributed by atoms with Gasteiger partial charge in [-0.05, 0) is 37.3 Å². The molecule has 1 unspecified atom stereocenters. The van der Waals surface area contributed by atoms with Crippen LogP contribution in [0.15, 0.2) is 41.2 Å². The molecule has 6 heteroatoms. The van der Waals surface area contributed by atoms with Crippen molar-refractivity contribution < 1.29 is 9.84 Å². The fraction of sp³-hybridized carbons (Fsp3) is 0.267. The molecule has 1 aromatic heterocycles. The van der Waals surface area contributed by atoms with Gasteiger partial charge in [0.2, 0.25) is 0 Å². The van der Waals surface area contributed by atoms with Gasteiger partial charge in [0.05, 0.1) is 23.9 Å². The van der Waals surface area contributed by atoms with Crippen molar-refractivity contribution in [3.63, 3.8) is 0 Å². The number of rotatable bonds is 5. The zero-order chi connectivity index (χ0) is 15.2. The van der Waals surface area contributed by atoms with E-state index in [1.54, 1.807) is 37.3 Å². The van der Waals surface area contributed by atoms with Crippen molar-refractivity contribution in [2.75, 3.05) is 6.61 Å². The van der Waals surface area contributed by atoms with Gasteiger partial charge in [0.1, 0.15) is 18.5 Å². The molecule has 2 rings (SSSR count). The first-order valence-corrected chi connectivity index (χ1v) is 6.44. The Hall–Kier alpha value is -2.65. The SMILES string of the molecule is Cc1ccc(=O)n(CC(O)COc2ccc(C#N)cc2)n1. The van der Waals surface area contributed by atoms with Crippen LogP contribution < -0.4 is 10.3 Å². The monoisotopic (exact) mass is 285 g/mol. The lowest BCUT2D eigenvalue weighted by Gasteiger charge is -2.13. The molecule has 1 atom stereocenters. The molecule has 21 heavy (non-hydrogen) atoms. The summed E-state index contributed by atoms with van der Waals surface area (Å²) < 4.78 is 6.62. The third-order valence-corrected chi connectivity index (χ3v) is 2.81. The lowest BCUT2D eigenvalue weighted by Crippen LogP contribution is -2.31. The minimum absolute atomic E-state index is 0.0357. The summed E-state index contributed by atoms with van der Waals surface area (Å²) in [6.07, 6.45) is -0.854. The quantitative estimate of drug-likeness (QED) is 0.880. The molecule has 0 radical (unpaired) electrons. The van der Waals surface area contributed by atoms with E-state index >= 15 is 0 Å². The third-order valence-electron chi connectivity index (χ3n) is 2.81. The summed E-state index contributed by atoms with van der Waals surface area (Å²) in [6.45, 7) is 1.88. The number of nitrogens with zero attached hydrogens (tertiary/aromatic N) is 3. The van der Waals surface area contributed by atoms with Crippen LogP contribution in [0, 0.1) is 18.3 Å². The Morgan fingerprint density at radius 1 is 1.33 bits per heavy atom. The van der Waals surface area contributed by atoms with Gasteiger partial charge in [0.25, 0.3) is 5.56 Å². The Morgan fingerprint density at radius 3 is 2.71 bits per heavy atom. The molecule has 1 heterocycles. The summed E-state index contributed by atoms with van der Waals surface area (Å²) in [5.41, 5.74) is 0.978. The number of benzene rings is 1. The smallest absolute Gasteiger partial charge is 0.266 e. The van der Waals surface area contributed by atoms with Crippen molar-refractivity contribution >= 4 is 0 Å². The van der Waals surface area contributed by atoms with Crippen molar-refractivity contribution in [1.82, 2.24) is 9.78 Å². The van der Waals surface area contributed by atoms with E-state index in [4.69, 9.17) is 10.00 Å². The summed E-state index contributed by atoms with van der Waals surface area (Å²) >= 11 is 0. The molecule has 0 spiro atoms. The van der Waals surface area contributed by atoms with Crippen LogP contribution >= 0.6 is 0 Å². The summed E-state index contributed by atoms with van der Waals surface area (Å²) in [4.78, 5) is 11.6. The van der Waals surface area contributed by atoms with Crippen molar-refractivity contribution in [2.45, 2.75) is 19.6 Å². The molecule has 1 aromatic carbocycles. The second kappa shape index (κ2) is 6.68. The lowest BCUT2D eigenvalue weighted by atomic mass is 10.2. The Kier molecular flexibility index (Phi) is 4.69. The van der Waals surface area contributed by atoms with E-state index in [0.29, 0.717) is 17.0 Å². The van der Waals surface area contributed by atoms with E-state index in [-0.39, 0.29) is 18.7 Å². The normalized spacial score (nSPS) is 11.7. The first-order valence-electron chi connectivity index (χ1n) is 6.44. The molecule has 0 saturated carbocycles. The third kappa shape index (κ3) is 4.16. The van der Waals surface area contributed by atoms with Gasteiger partial charge in [-0.2, -0.15) is 10.4 Å². The van der Waals surface area contributed by atoms with Crippen LogP contribution in [0.2, 0.25) is 0 Å². The van der Waals surface area contributed by atoms with Crippen molar-refractivity contribution in [3.05, 3.63) is 58.0 Å². The average molecular weight is 285 g/mol. The predicted molar refractivity (Wildman–Crippen MR) is 75.9 cm³/mol. The summed E-state index contributed by atoms with van der Waals surface area (Å²) in [7, 11) is 0. The molecule has 0 saturated heterocycles. The fourth-order valence-electron chi connectivity index (χ4n) is 1.75. The Bertz CT molecular complexity index is 701. The number of ether oxygens (including phenoxy) is 1. The molecule has 1 N–H and O–H groups in total. The molecular formula is C15H15N3O3. The van der Waals surface area contributed by atoms with Crippen LogP contribution in [0.4, 0.5) is 0 Å². The number of aryl methyl sites for hydroxylation is 1. The number of aromatic nitrogens is 2. The van der Waals surface area contributed by atoms with Crippen LogP contribution in [0.3, 0.4) is 0 Å². The van der Waals surface area contributed by atoms with E-state index in [2.05, 4.69) is 5.10 Å². The number of hydrogen-bond acceptors (Lipinski definition) is 5. The van der Waals surface area contributed by atoms with Gasteiger partial charge < -0.3 is 9.84 Å². The molecule has 0 aliphatic rings. The molecule has 0 amide bonds. The summed E-state index contributed by atoms with van der Waals surface area (Å²) in [5, 5.41) is 22.6. The Balaban J connectivity index is 1.92. The molecule has 0 aliphatic heterocycles. The van der Waals surface area contributed by atoms with Crippen molar-refractivity contribution in [1.29, 1.82) is 5.26 Å². The predicted octanol–water partition coefficient (Wildman–Crippen LogP) is 0.863. The first-order chi connectivity index (χ1) is 10.1. The number of nitriles is 1. The van der Waals surface area contributed by atoms with Gasteiger partial charge in [0.15, 0.2) is 0 Å². The van der Waals surface area contributed by atoms with Crippen LogP contribution in [0.25, 0.3) is 0 Å². The zero-order valence-electron chi connectivity index (χ0n) is 11.6. The van der Waals surface area contributed by atoms with E-state index in [1.165, 1.54) is 10.7 Å². The highest BCUT2D eigenvalue weighted by molar-refractivity contribution is 5.34. The Labute approximate surface area is 121 Å². The highest BCUT2D eigenvalue weighted by atomic mass is 16.5. The molecule has 0 aliphatic carbocycles. The van der Waals surface area contributed by atoms with E-state index in [1.807, 2.05) is 6.07 Å². The molecule has 108 valence electrons. The van der Waals surface area contributed by atoms with Crippen LogP contribution in [0.5, 0.6) is 5.75 Å². The lowest BCUT2D eigenvalue weighted by molar-refractivity contribution is 0.0878. The molecular weight excluding hydrogens is 270 g/mol. The number of aliphatic hydroxyl groups excluding tert-OH is 1. The minimum Gasteiger partial charge on any atom is -0.491 e. The van der Waals surface area contributed by atoms with E-state index in [0.717, 1.165) is 0 Å². The topological polar surface area (TPSA) is 88.1 Å². The maximum Gasteiger partial charge on any atom is 0.266 e. The minimum atomic E-state index is -0.854. The first kappa shape index (κ1) is 14.8. The maximum absolute atomic E-state index is 11.6. The van der Waals surface area contributed by atoms with Crippen molar-refractivity contribution in [2.24, 2.45) is 0 Å². The van der Waals surface area contributed by atoms with Gasteiger partial charge in [-0.25, -0.2) is 4.68 Å². The fourth-order valence-corrected chi connectivity index (χ4v) is 1.75. The molecule has 0 bridgehead atoms. The van der Waals surface area contributed by atoms with E-state index < -0.39 is 6.10 Å². The van der Waals surface area contributed by atoms with Crippen LogP contribution in [-0.2, 0) is 6.54 Å². The van der Waals surface area contributed by atoms with E-state index in [9.17, 15) is 9.90 Å². The zero-order valence-corrected chi connectivity index (χ0v) is 11.6. The number of hydrogen-bond donors (Lipinski definition) is 1. The molecule has 2 aromatic rings. The largest absolute Gasteiger partial charge is 0.491 e. The van der Waals surface area contributed by atoms with Gasteiger partial charge >= 0.3 is 0 Å². The number of aliphatic hydroxyl groups is 1. The van der Waals surface area contributed by atoms with Gasteiger partial charge in [0, 0.05) is 6.07 Å². The molecule has 6 nitrogen and oxygen atoms in total. The maximum atomic E-state index is 11.6. The average Bonchev–Trinajstić information content (AvgIpc) is 2.49. The van der Waals surface area contributed by atoms with Gasteiger partial charge in [-0.3, -0.25) is 4.79 Å². The molecule has 0 fully saturated rings. The van der Waals surface area contributed by atoms with Crippen LogP contribution in [0.1, 0.15) is 11.3 Å². The van der Waals surface area contributed by atoms with Gasteiger partial charge in [-0.15, -0.1) is 0 Å².